The number of furan rings is 1. The molecule has 0 aliphatic carbocycles. The summed E-state index contributed by atoms with van der Waals surface area (Å²) in [6.07, 6.45) is -0.609. The van der Waals surface area contributed by atoms with Gasteiger partial charge in [-0.25, -0.2) is 4.79 Å². The molecule has 5 heteroatoms. The first-order chi connectivity index (χ1) is 7.13. The number of hydrogen-bond donors (Lipinski definition) is 0. The second kappa shape index (κ2) is 4.95. The number of ether oxygens (including phenoxy) is 3. The van der Waals surface area contributed by atoms with Gasteiger partial charge in [0, 0.05) is 19.8 Å². The Morgan fingerprint density at radius 2 is 1.93 bits per heavy atom. The Labute approximate surface area is 87.9 Å². The molecule has 5 nitrogen and oxygen atoms in total. The van der Waals surface area contributed by atoms with E-state index in [9.17, 15) is 4.79 Å². The third kappa shape index (κ3) is 2.37. The van der Waals surface area contributed by atoms with Crippen LogP contribution in [0, 0.1) is 6.92 Å². The van der Waals surface area contributed by atoms with Gasteiger partial charge >= 0.3 is 5.97 Å². The highest BCUT2D eigenvalue weighted by atomic mass is 16.7. The minimum absolute atomic E-state index is 0.173. The molecule has 0 aliphatic heterocycles. The molecule has 0 bridgehead atoms. The molecule has 1 heterocycles. The average molecular weight is 214 g/mol. The fourth-order valence-corrected chi connectivity index (χ4v) is 1.25. The number of hydrogen-bond acceptors (Lipinski definition) is 5. The zero-order chi connectivity index (χ0) is 11.4. The highest BCUT2D eigenvalue weighted by Gasteiger charge is 2.21. The van der Waals surface area contributed by atoms with Crippen molar-refractivity contribution in [3.8, 4) is 0 Å². The number of rotatable bonds is 4. The normalized spacial score (nSPS) is 10.7. The van der Waals surface area contributed by atoms with Gasteiger partial charge in [-0.2, -0.15) is 0 Å². The number of esters is 1. The predicted molar refractivity (Wildman–Crippen MR) is 51.5 cm³/mol. The van der Waals surface area contributed by atoms with Crippen LogP contribution >= 0.6 is 0 Å². The van der Waals surface area contributed by atoms with E-state index in [1.165, 1.54) is 21.3 Å². The second-order valence-corrected chi connectivity index (χ2v) is 2.96. The van der Waals surface area contributed by atoms with Crippen molar-refractivity contribution in [3.63, 3.8) is 0 Å². The average Bonchev–Trinajstić information content (AvgIpc) is 2.61. The first-order valence-electron chi connectivity index (χ1n) is 4.38. The Morgan fingerprint density at radius 1 is 1.33 bits per heavy atom. The van der Waals surface area contributed by atoms with Crippen LogP contribution in [0.15, 0.2) is 10.5 Å². The molecule has 15 heavy (non-hydrogen) atoms. The molecule has 0 spiro atoms. The van der Waals surface area contributed by atoms with E-state index in [4.69, 9.17) is 13.9 Å². The fourth-order valence-electron chi connectivity index (χ4n) is 1.25. The number of aryl methyl sites for hydroxylation is 1. The van der Waals surface area contributed by atoms with Gasteiger partial charge in [0.15, 0.2) is 5.76 Å². The molecule has 0 saturated carbocycles. The van der Waals surface area contributed by atoms with E-state index in [1.54, 1.807) is 13.0 Å². The SMILES string of the molecule is COC(=O)c1oc(C(OC)OC)cc1C. The number of methoxy groups -OCH3 is 3. The van der Waals surface area contributed by atoms with Crippen LogP contribution < -0.4 is 0 Å². The van der Waals surface area contributed by atoms with Crippen LogP contribution in [0.5, 0.6) is 0 Å². The van der Waals surface area contributed by atoms with Gasteiger partial charge in [0.25, 0.3) is 0 Å². The van der Waals surface area contributed by atoms with Crippen LogP contribution in [-0.2, 0) is 14.2 Å². The fraction of sp³-hybridized carbons (Fsp3) is 0.500. The third-order valence-electron chi connectivity index (χ3n) is 1.97. The molecule has 0 saturated heterocycles. The van der Waals surface area contributed by atoms with Crippen LogP contribution in [0.1, 0.15) is 28.2 Å². The monoisotopic (exact) mass is 214 g/mol. The topological polar surface area (TPSA) is 57.9 Å². The van der Waals surface area contributed by atoms with Crippen molar-refractivity contribution in [2.45, 2.75) is 13.2 Å². The molecule has 1 aromatic heterocycles. The minimum Gasteiger partial charge on any atom is -0.463 e. The standard InChI is InChI=1S/C10H14O5/c1-6-5-7(10(13-3)14-4)15-8(6)9(11)12-2/h5,10H,1-4H3. The van der Waals surface area contributed by atoms with Gasteiger partial charge in [0.05, 0.1) is 7.11 Å². The summed E-state index contributed by atoms with van der Waals surface area (Å²) in [5, 5.41) is 0. The maximum absolute atomic E-state index is 11.2. The Morgan fingerprint density at radius 3 is 2.40 bits per heavy atom. The zero-order valence-electron chi connectivity index (χ0n) is 9.20. The highest BCUT2D eigenvalue weighted by Crippen LogP contribution is 2.23. The lowest BCUT2D eigenvalue weighted by molar-refractivity contribution is -0.118. The van der Waals surface area contributed by atoms with Crippen molar-refractivity contribution < 1.29 is 23.4 Å². The van der Waals surface area contributed by atoms with Crippen LogP contribution in [0.25, 0.3) is 0 Å². The molecule has 1 rings (SSSR count). The molecule has 1 aromatic rings. The van der Waals surface area contributed by atoms with Crippen molar-refractivity contribution in [1.82, 2.24) is 0 Å². The summed E-state index contributed by atoms with van der Waals surface area (Å²) in [6, 6.07) is 1.68. The molecule has 0 fully saturated rings. The molecule has 0 atom stereocenters. The van der Waals surface area contributed by atoms with Crippen molar-refractivity contribution in [1.29, 1.82) is 0 Å². The Kier molecular flexibility index (Phi) is 3.88. The summed E-state index contributed by atoms with van der Waals surface area (Å²) < 4.78 is 19.8. The minimum atomic E-state index is -0.609. The lowest BCUT2D eigenvalue weighted by atomic mass is 10.2. The van der Waals surface area contributed by atoms with Gasteiger partial charge in [0.1, 0.15) is 0 Å². The molecular weight excluding hydrogens is 200 g/mol. The van der Waals surface area contributed by atoms with Crippen LogP contribution in [-0.4, -0.2) is 27.3 Å². The quantitative estimate of drug-likeness (QED) is 0.563. The van der Waals surface area contributed by atoms with E-state index in [-0.39, 0.29) is 5.76 Å². The number of carbonyl (C=O) groups is 1. The van der Waals surface area contributed by atoms with Crippen LogP contribution in [0.3, 0.4) is 0 Å². The van der Waals surface area contributed by atoms with Crippen molar-refractivity contribution in [2.24, 2.45) is 0 Å². The molecule has 0 amide bonds. The van der Waals surface area contributed by atoms with Gasteiger partial charge in [-0.3, -0.25) is 0 Å². The summed E-state index contributed by atoms with van der Waals surface area (Å²) in [5.41, 5.74) is 0.691. The van der Waals surface area contributed by atoms with E-state index in [1.807, 2.05) is 0 Å². The van der Waals surface area contributed by atoms with Gasteiger partial charge in [-0.15, -0.1) is 0 Å². The predicted octanol–water partition coefficient (Wildman–Crippen LogP) is 1.67. The van der Waals surface area contributed by atoms with E-state index >= 15 is 0 Å². The highest BCUT2D eigenvalue weighted by molar-refractivity contribution is 5.87. The van der Waals surface area contributed by atoms with Crippen LogP contribution in [0.4, 0.5) is 0 Å². The molecule has 0 aromatic carbocycles. The van der Waals surface area contributed by atoms with Crippen molar-refractivity contribution in [3.05, 3.63) is 23.2 Å². The zero-order valence-corrected chi connectivity index (χ0v) is 9.20. The van der Waals surface area contributed by atoms with Crippen molar-refractivity contribution in [2.75, 3.05) is 21.3 Å². The molecule has 0 N–H and O–H groups in total. The van der Waals surface area contributed by atoms with E-state index in [0.29, 0.717) is 11.3 Å². The third-order valence-corrected chi connectivity index (χ3v) is 1.97. The summed E-state index contributed by atoms with van der Waals surface area (Å²) in [4.78, 5) is 11.2. The largest absolute Gasteiger partial charge is 0.463 e. The van der Waals surface area contributed by atoms with Gasteiger partial charge < -0.3 is 18.6 Å². The molecule has 0 radical (unpaired) electrons. The van der Waals surface area contributed by atoms with E-state index in [0.717, 1.165) is 0 Å². The Bertz CT molecular complexity index is 338. The van der Waals surface area contributed by atoms with E-state index < -0.39 is 12.3 Å². The lowest BCUT2D eigenvalue weighted by Crippen LogP contribution is -2.03. The summed E-state index contributed by atoms with van der Waals surface area (Å²) >= 11 is 0. The van der Waals surface area contributed by atoms with Crippen LogP contribution in [0.2, 0.25) is 0 Å². The number of carbonyl (C=O) groups excluding carboxylic acids is 1. The second-order valence-electron chi connectivity index (χ2n) is 2.96. The lowest BCUT2D eigenvalue weighted by Gasteiger charge is -2.09. The summed E-state index contributed by atoms with van der Waals surface area (Å²) in [7, 11) is 4.28. The summed E-state index contributed by atoms with van der Waals surface area (Å²) in [5.74, 6) is 0.106. The van der Waals surface area contributed by atoms with Gasteiger partial charge in [0.2, 0.25) is 12.1 Å². The van der Waals surface area contributed by atoms with Gasteiger partial charge in [-0.05, 0) is 13.0 Å². The molecule has 84 valence electrons. The smallest absolute Gasteiger partial charge is 0.374 e. The first kappa shape index (κ1) is 11.7. The van der Waals surface area contributed by atoms with E-state index in [2.05, 4.69) is 4.74 Å². The van der Waals surface area contributed by atoms with Gasteiger partial charge in [-0.1, -0.05) is 0 Å². The Hall–Kier alpha value is -1.33. The molecule has 0 aliphatic rings. The summed E-state index contributed by atoms with van der Waals surface area (Å²) in [6.45, 7) is 1.75. The van der Waals surface area contributed by atoms with Crippen molar-refractivity contribution >= 4 is 5.97 Å². The maximum Gasteiger partial charge on any atom is 0.374 e. The molecular formula is C10H14O5. The maximum atomic E-state index is 11.2. The Balaban J connectivity index is 2.99. The first-order valence-corrected chi connectivity index (χ1v) is 4.38. The molecule has 0 unspecified atom stereocenters.